The van der Waals surface area contributed by atoms with Gasteiger partial charge in [-0.3, -0.25) is 0 Å². The van der Waals surface area contributed by atoms with Gasteiger partial charge in [0.2, 0.25) is 0 Å². The molecule has 1 nitrogen and oxygen atoms in total. The van der Waals surface area contributed by atoms with Crippen molar-refractivity contribution in [1.82, 2.24) is 0 Å². The van der Waals surface area contributed by atoms with E-state index in [1.54, 1.807) is 0 Å². The second kappa shape index (κ2) is 11.5. The van der Waals surface area contributed by atoms with Gasteiger partial charge in [-0.05, 0) is 31.1 Å². The molecule has 0 aromatic carbocycles. The van der Waals surface area contributed by atoms with Gasteiger partial charge < -0.3 is 5.11 Å². The summed E-state index contributed by atoms with van der Waals surface area (Å²) in [4.78, 5) is 0. The Balaban J connectivity index is 1.94. The monoisotopic (exact) mass is 296 g/mol. The summed E-state index contributed by atoms with van der Waals surface area (Å²) in [6.45, 7) is 4.55. The maximum absolute atomic E-state index is 10.5. The van der Waals surface area contributed by atoms with Crippen LogP contribution >= 0.6 is 0 Å². The summed E-state index contributed by atoms with van der Waals surface area (Å²) in [7, 11) is 0. The van der Waals surface area contributed by atoms with Gasteiger partial charge in [0.25, 0.3) is 0 Å². The molecule has 1 unspecified atom stereocenters. The number of hydrogen-bond acceptors (Lipinski definition) is 1. The molecule has 0 saturated heterocycles. The zero-order valence-electron chi connectivity index (χ0n) is 14.8. The molecular weight excluding hydrogens is 256 g/mol. The summed E-state index contributed by atoms with van der Waals surface area (Å²) in [6.07, 6.45) is 21.2. The highest BCUT2D eigenvalue weighted by Gasteiger charge is 2.38. The van der Waals surface area contributed by atoms with Crippen molar-refractivity contribution in [2.45, 2.75) is 123 Å². The van der Waals surface area contributed by atoms with E-state index in [-0.39, 0.29) is 6.10 Å². The first-order chi connectivity index (χ1) is 10.2. The van der Waals surface area contributed by atoms with Gasteiger partial charge in [-0.2, -0.15) is 0 Å². The molecule has 0 aromatic rings. The van der Waals surface area contributed by atoms with Crippen LogP contribution in [-0.4, -0.2) is 11.2 Å². The lowest BCUT2D eigenvalue weighted by molar-refractivity contribution is 0.0171. The number of unbranched alkanes of at least 4 members (excludes halogenated alkanes) is 9. The molecule has 126 valence electrons. The van der Waals surface area contributed by atoms with Gasteiger partial charge in [0.05, 0.1) is 6.10 Å². The van der Waals surface area contributed by atoms with Crippen LogP contribution in [0.4, 0.5) is 0 Å². The Morgan fingerprint density at radius 1 is 0.762 bits per heavy atom. The molecule has 0 radical (unpaired) electrons. The van der Waals surface area contributed by atoms with E-state index < -0.39 is 0 Å². The second-order valence-corrected chi connectivity index (χ2v) is 7.41. The Labute approximate surface area is 133 Å². The van der Waals surface area contributed by atoms with Crippen LogP contribution in [0.5, 0.6) is 0 Å². The van der Waals surface area contributed by atoms with Gasteiger partial charge in [-0.15, -0.1) is 0 Å². The van der Waals surface area contributed by atoms with Gasteiger partial charge >= 0.3 is 0 Å². The van der Waals surface area contributed by atoms with Crippen LogP contribution in [0.3, 0.4) is 0 Å². The van der Waals surface area contributed by atoms with Crippen LogP contribution in [0.15, 0.2) is 0 Å². The van der Waals surface area contributed by atoms with E-state index in [1.165, 1.54) is 96.3 Å². The fourth-order valence-corrected chi connectivity index (χ4v) is 4.13. The van der Waals surface area contributed by atoms with Crippen LogP contribution in [0.2, 0.25) is 0 Å². The molecule has 1 N–H and O–H groups in total. The summed E-state index contributed by atoms with van der Waals surface area (Å²) < 4.78 is 0. The zero-order chi connectivity index (χ0) is 15.4. The highest BCUT2D eigenvalue weighted by molar-refractivity contribution is 4.89. The van der Waals surface area contributed by atoms with Crippen molar-refractivity contribution in [3.05, 3.63) is 0 Å². The second-order valence-electron chi connectivity index (χ2n) is 7.41. The summed E-state index contributed by atoms with van der Waals surface area (Å²) in [5.41, 5.74) is 0.291. The quantitative estimate of drug-likeness (QED) is 0.378. The number of rotatable bonds is 13. The fraction of sp³-hybridized carbons (Fsp3) is 1.00. The smallest absolute Gasteiger partial charge is 0.0596 e. The van der Waals surface area contributed by atoms with Crippen molar-refractivity contribution < 1.29 is 5.11 Å². The average molecular weight is 297 g/mol. The van der Waals surface area contributed by atoms with Crippen LogP contribution in [-0.2, 0) is 0 Å². The molecule has 1 aliphatic rings. The van der Waals surface area contributed by atoms with Gasteiger partial charge in [0.1, 0.15) is 0 Å². The lowest BCUT2D eigenvalue weighted by Crippen LogP contribution is -2.31. The van der Waals surface area contributed by atoms with E-state index in [9.17, 15) is 5.11 Å². The molecule has 1 rings (SSSR count). The van der Waals surface area contributed by atoms with E-state index >= 15 is 0 Å². The minimum absolute atomic E-state index is 0.0287. The number of aliphatic hydroxyl groups is 1. The third-order valence-electron chi connectivity index (χ3n) is 5.84. The molecule has 0 amide bonds. The first kappa shape index (κ1) is 19.0. The first-order valence-electron chi connectivity index (χ1n) is 9.93. The summed E-state index contributed by atoms with van der Waals surface area (Å²) >= 11 is 0. The maximum atomic E-state index is 10.5. The predicted octanol–water partition coefficient (Wildman–Crippen LogP) is 6.63. The molecule has 0 heterocycles. The standard InChI is InChI=1S/C20H40O/c1-3-5-6-7-8-9-10-11-12-13-16-19(21)20(4-2)17-14-15-18-20/h19,21H,3-18H2,1-2H3. The average Bonchev–Trinajstić information content (AvgIpc) is 2.99. The van der Waals surface area contributed by atoms with Gasteiger partial charge in [-0.25, -0.2) is 0 Å². The van der Waals surface area contributed by atoms with Gasteiger partial charge in [0.15, 0.2) is 0 Å². The molecule has 1 fully saturated rings. The molecular formula is C20H40O. The fourth-order valence-electron chi connectivity index (χ4n) is 4.13. The third kappa shape index (κ3) is 7.17. The Hall–Kier alpha value is -0.0400. The molecule has 0 bridgehead atoms. The van der Waals surface area contributed by atoms with Crippen LogP contribution in [0.25, 0.3) is 0 Å². The van der Waals surface area contributed by atoms with Crippen molar-refractivity contribution in [2.24, 2.45) is 5.41 Å². The summed E-state index contributed by atoms with van der Waals surface area (Å²) in [6, 6.07) is 0. The van der Waals surface area contributed by atoms with E-state index in [1.807, 2.05) is 0 Å². The van der Waals surface area contributed by atoms with E-state index in [0.717, 1.165) is 6.42 Å². The van der Waals surface area contributed by atoms with E-state index in [2.05, 4.69) is 13.8 Å². The molecule has 1 aliphatic carbocycles. The van der Waals surface area contributed by atoms with Gasteiger partial charge in [0, 0.05) is 0 Å². The maximum Gasteiger partial charge on any atom is 0.0596 e. The van der Waals surface area contributed by atoms with Crippen molar-refractivity contribution in [2.75, 3.05) is 0 Å². The highest BCUT2D eigenvalue weighted by Crippen LogP contribution is 2.45. The number of hydrogen-bond donors (Lipinski definition) is 1. The molecule has 1 atom stereocenters. The lowest BCUT2D eigenvalue weighted by atomic mass is 9.76. The molecule has 1 saturated carbocycles. The molecule has 21 heavy (non-hydrogen) atoms. The van der Waals surface area contributed by atoms with Crippen LogP contribution in [0.1, 0.15) is 117 Å². The summed E-state index contributed by atoms with van der Waals surface area (Å²) in [5.74, 6) is 0. The molecule has 0 aliphatic heterocycles. The SMILES string of the molecule is CCCCCCCCCCCCC(O)C1(CC)CCCC1. The van der Waals surface area contributed by atoms with Crippen molar-refractivity contribution in [3.8, 4) is 0 Å². The van der Waals surface area contributed by atoms with Gasteiger partial charge in [-0.1, -0.05) is 90.9 Å². The summed E-state index contributed by atoms with van der Waals surface area (Å²) in [5, 5.41) is 10.5. The molecule has 0 spiro atoms. The van der Waals surface area contributed by atoms with Crippen molar-refractivity contribution in [1.29, 1.82) is 0 Å². The lowest BCUT2D eigenvalue weighted by Gasteiger charge is -2.33. The Bertz CT molecular complexity index is 230. The number of aliphatic hydroxyl groups excluding tert-OH is 1. The normalized spacial score (nSPS) is 19.0. The molecule has 1 heteroatoms. The van der Waals surface area contributed by atoms with E-state index in [4.69, 9.17) is 0 Å². The third-order valence-corrected chi connectivity index (χ3v) is 5.84. The molecule has 0 aromatic heterocycles. The van der Waals surface area contributed by atoms with Crippen LogP contribution in [0, 0.1) is 5.41 Å². The Kier molecular flexibility index (Phi) is 10.4. The van der Waals surface area contributed by atoms with Crippen molar-refractivity contribution >= 4 is 0 Å². The zero-order valence-corrected chi connectivity index (χ0v) is 14.8. The van der Waals surface area contributed by atoms with Crippen molar-refractivity contribution in [3.63, 3.8) is 0 Å². The predicted molar refractivity (Wildman–Crippen MR) is 93.7 cm³/mol. The van der Waals surface area contributed by atoms with Crippen LogP contribution < -0.4 is 0 Å². The minimum Gasteiger partial charge on any atom is -0.393 e. The van der Waals surface area contributed by atoms with E-state index in [0.29, 0.717) is 5.41 Å². The Morgan fingerprint density at radius 3 is 1.71 bits per heavy atom. The topological polar surface area (TPSA) is 20.2 Å². The highest BCUT2D eigenvalue weighted by atomic mass is 16.3. The first-order valence-corrected chi connectivity index (χ1v) is 9.93. The minimum atomic E-state index is -0.0287. The largest absolute Gasteiger partial charge is 0.393 e. The Morgan fingerprint density at radius 2 is 1.24 bits per heavy atom.